The molecular formula is C42H30Cl2N4. The van der Waals surface area contributed by atoms with Crippen LogP contribution in [0.2, 0.25) is 10.0 Å². The molecule has 0 amide bonds. The SMILES string of the molecule is C=CC(=NC(N)(c1cccc(Cl)c1)c1ccc2cc3c4ccccc4c4ccccc4n3c2c1-c1ccccc1N)c1cccc(Cl)c1. The van der Waals surface area contributed by atoms with E-state index in [9.17, 15) is 0 Å². The summed E-state index contributed by atoms with van der Waals surface area (Å²) in [5.74, 6) is 0. The van der Waals surface area contributed by atoms with Crippen LogP contribution in [0.3, 0.4) is 0 Å². The van der Waals surface area contributed by atoms with E-state index in [1.165, 1.54) is 5.39 Å². The van der Waals surface area contributed by atoms with Crippen LogP contribution in [0, 0.1) is 0 Å². The van der Waals surface area contributed by atoms with Crippen molar-refractivity contribution >= 4 is 72.7 Å². The molecule has 0 saturated carbocycles. The number of rotatable bonds is 6. The Balaban J connectivity index is 1.58. The van der Waals surface area contributed by atoms with E-state index in [1.54, 1.807) is 6.08 Å². The molecule has 4 N–H and O–H groups in total. The molecule has 232 valence electrons. The van der Waals surface area contributed by atoms with Gasteiger partial charge in [-0.25, -0.2) is 0 Å². The maximum Gasteiger partial charge on any atom is 0.161 e. The van der Waals surface area contributed by atoms with E-state index in [-0.39, 0.29) is 0 Å². The Morgan fingerprint density at radius 1 is 0.688 bits per heavy atom. The normalized spacial score (nSPS) is 13.4. The second kappa shape index (κ2) is 11.7. The molecule has 0 aliphatic heterocycles. The topological polar surface area (TPSA) is 68.8 Å². The van der Waals surface area contributed by atoms with E-state index < -0.39 is 5.66 Å². The first-order valence-electron chi connectivity index (χ1n) is 15.6. The zero-order valence-electron chi connectivity index (χ0n) is 25.9. The van der Waals surface area contributed by atoms with E-state index >= 15 is 0 Å². The minimum Gasteiger partial charge on any atom is -0.398 e. The summed E-state index contributed by atoms with van der Waals surface area (Å²) in [6, 6.07) is 46.4. The fourth-order valence-electron chi connectivity index (χ4n) is 6.97. The van der Waals surface area contributed by atoms with Gasteiger partial charge in [-0.3, -0.25) is 10.7 Å². The number of pyridine rings is 1. The first-order chi connectivity index (χ1) is 23.4. The number of anilines is 1. The van der Waals surface area contributed by atoms with Crippen LogP contribution in [0.4, 0.5) is 5.69 Å². The maximum atomic E-state index is 7.68. The molecule has 1 atom stereocenters. The Hall–Kier alpha value is -5.39. The summed E-state index contributed by atoms with van der Waals surface area (Å²) < 4.78 is 2.34. The Morgan fingerprint density at radius 3 is 2.08 bits per heavy atom. The van der Waals surface area contributed by atoms with Crippen molar-refractivity contribution in [2.75, 3.05) is 5.73 Å². The third kappa shape index (κ3) is 4.77. The number of allylic oxidation sites excluding steroid dienone is 1. The van der Waals surface area contributed by atoms with Gasteiger partial charge in [0, 0.05) is 54.1 Å². The lowest BCUT2D eigenvalue weighted by Crippen LogP contribution is -2.38. The average molecular weight is 662 g/mol. The molecule has 48 heavy (non-hydrogen) atoms. The highest BCUT2D eigenvalue weighted by Gasteiger charge is 2.35. The second-order valence-corrected chi connectivity index (χ2v) is 12.8. The van der Waals surface area contributed by atoms with Crippen LogP contribution in [0.15, 0.2) is 157 Å². The van der Waals surface area contributed by atoms with E-state index in [1.807, 2.05) is 72.8 Å². The molecule has 8 aromatic rings. The van der Waals surface area contributed by atoms with Crippen molar-refractivity contribution in [3.8, 4) is 11.1 Å². The molecule has 0 bridgehead atoms. The van der Waals surface area contributed by atoms with Crippen molar-refractivity contribution < 1.29 is 0 Å². The molecule has 0 saturated heterocycles. The Bertz CT molecular complexity index is 2600. The standard InChI is InChI=1S/C42H30Cl2N4/c1-2-37(26-11-9-13-29(43)23-26)47-42(46,28-12-10-14-30(44)25-28)35-22-21-27-24-39-33-17-4-3-15-31(33)32-16-6-8-20-38(32)48(39)41(27)40(35)34-18-5-7-19-36(34)45/h2-25H,1,45-46H2. The van der Waals surface area contributed by atoms with Gasteiger partial charge in [0.05, 0.1) is 22.3 Å². The molecule has 0 radical (unpaired) electrons. The van der Waals surface area contributed by atoms with Crippen LogP contribution in [0.5, 0.6) is 0 Å². The number of aromatic nitrogens is 1. The highest BCUT2D eigenvalue weighted by atomic mass is 35.5. The largest absolute Gasteiger partial charge is 0.398 e. The molecule has 4 nitrogen and oxygen atoms in total. The van der Waals surface area contributed by atoms with Crippen LogP contribution in [-0.4, -0.2) is 10.1 Å². The smallest absolute Gasteiger partial charge is 0.161 e. The van der Waals surface area contributed by atoms with Gasteiger partial charge in [0.25, 0.3) is 0 Å². The maximum absolute atomic E-state index is 7.68. The Labute approximate surface area is 288 Å². The molecular weight excluding hydrogens is 631 g/mol. The zero-order valence-corrected chi connectivity index (χ0v) is 27.4. The first kappa shape index (κ1) is 30.0. The van der Waals surface area contributed by atoms with Crippen LogP contribution < -0.4 is 11.5 Å². The lowest BCUT2D eigenvalue weighted by Gasteiger charge is -2.31. The zero-order chi connectivity index (χ0) is 33.0. The molecule has 8 rings (SSSR count). The van der Waals surface area contributed by atoms with Crippen LogP contribution in [0.1, 0.15) is 16.7 Å². The molecule has 6 aromatic carbocycles. The van der Waals surface area contributed by atoms with E-state index in [0.717, 1.165) is 55.0 Å². The summed E-state index contributed by atoms with van der Waals surface area (Å²) in [6.07, 6.45) is 1.71. The van der Waals surface area contributed by atoms with Crippen LogP contribution in [-0.2, 0) is 5.66 Å². The van der Waals surface area contributed by atoms with Gasteiger partial charge in [0.1, 0.15) is 0 Å². The van der Waals surface area contributed by atoms with Gasteiger partial charge in [-0.05, 0) is 59.5 Å². The van der Waals surface area contributed by atoms with E-state index in [0.29, 0.717) is 27.0 Å². The average Bonchev–Trinajstić information content (AvgIpc) is 3.51. The van der Waals surface area contributed by atoms with Crippen LogP contribution >= 0.6 is 23.2 Å². The number of nitrogens with two attached hydrogens (primary N) is 2. The number of aliphatic imine (C=N–C) groups is 1. The molecule has 2 aromatic heterocycles. The minimum atomic E-state index is -1.43. The predicted molar refractivity (Wildman–Crippen MR) is 204 cm³/mol. The van der Waals surface area contributed by atoms with Gasteiger partial charge >= 0.3 is 0 Å². The monoisotopic (exact) mass is 660 g/mol. The molecule has 1 unspecified atom stereocenters. The van der Waals surface area contributed by atoms with Gasteiger partial charge in [-0.15, -0.1) is 0 Å². The van der Waals surface area contributed by atoms with Crippen molar-refractivity contribution in [3.05, 3.63) is 179 Å². The molecule has 6 heteroatoms. The van der Waals surface area contributed by atoms with E-state index in [2.05, 4.69) is 77.7 Å². The fourth-order valence-corrected chi connectivity index (χ4v) is 7.35. The van der Waals surface area contributed by atoms with Crippen molar-refractivity contribution in [3.63, 3.8) is 0 Å². The number of benzene rings is 6. The van der Waals surface area contributed by atoms with E-state index in [4.69, 9.17) is 39.7 Å². The highest BCUT2D eigenvalue weighted by Crippen LogP contribution is 2.45. The summed E-state index contributed by atoms with van der Waals surface area (Å²) in [5.41, 5.74) is 21.4. The van der Waals surface area contributed by atoms with Crippen molar-refractivity contribution in [1.82, 2.24) is 4.40 Å². The number of para-hydroxylation sites is 2. The highest BCUT2D eigenvalue weighted by molar-refractivity contribution is 6.31. The third-order valence-corrected chi connectivity index (χ3v) is 9.59. The Kier molecular flexibility index (Phi) is 7.30. The quantitative estimate of drug-likeness (QED) is 0.106. The number of hydrogen-bond acceptors (Lipinski definition) is 3. The summed E-state index contributed by atoms with van der Waals surface area (Å²) in [5, 5.41) is 5.69. The van der Waals surface area contributed by atoms with Gasteiger partial charge in [-0.1, -0.05) is 127 Å². The number of hydrogen-bond donors (Lipinski definition) is 2. The molecule has 0 aliphatic rings. The third-order valence-electron chi connectivity index (χ3n) is 9.12. The summed E-state index contributed by atoms with van der Waals surface area (Å²) in [6.45, 7) is 4.12. The van der Waals surface area contributed by atoms with Crippen LogP contribution in [0.25, 0.3) is 49.2 Å². The minimum absolute atomic E-state index is 0.549. The second-order valence-electron chi connectivity index (χ2n) is 11.9. The van der Waals surface area contributed by atoms with Crippen molar-refractivity contribution in [2.24, 2.45) is 10.7 Å². The first-order valence-corrected chi connectivity index (χ1v) is 16.4. The summed E-state index contributed by atoms with van der Waals surface area (Å²) in [4.78, 5) is 5.33. The predicted octanol–water partition coefficient (Wildman–Crippen LogP) is 10.8. The van der Waals surface area contributed by atoms with Crippen molar-refractivity contribution in [1.29, 1.82) is 0 Å². The Morgan fingerprint density at radius 2 is 1.35 bits per heavy atom. The number of fused-ring (bicyclic) bond motifs is 8. The summed E-state index contributed by atoms with van der Waals surface area (Å²) >= 11 is 13.1. The molecule has 2 heterocycles. The lowest BCUT2D eigenvalue weighted by molar-refractivity contribution is 0.574. The number of nitrogens with zero attached hydrogens (tertiary/aromatic N) is 2. The fraction of sp³-hybridized carbons (Fsp3) is 0.0238. The molecule has 0 aliphatic carbocycles. The van der Waals surface area contributed by atoms with Gasteiger partial charge < -0.3 is 10.1 Å². The number of halogens is 2. The lowest BCUT2D eigenvalue weighted by atomic mass is 9.84. The van der Waals surface area contributed by atoms with Gasteiger partial charge in [0.15, 0.2) is 5.66 Å². The molecule has 0 fully saturated rings. The van der Waals surface area contributed by atoms with Gasteiger partial charge in [0.2, 0.25) is 0 Å². The summed E-state index contributed by atoms with van der Waals surface area (Å²) in [7, 11) is 0. The van der Waals surface area contributed by atoms with Gasteiger partial charge in [-0.2, -0.15) is 0 Å². The van der Waals surface area contributed by atoms with Crippen molar-refractivity contribution in [2.45, 2.75) is 5.66 Å². The molecule has 0 spiro atoms. The number of nitrogen functional groups attached to an aromatic ring is 1.